The molecule has 0 aromatic rings. The summed E-state index contributed by atoms with van der Waals surface area (Å²) in [6.45, 7) is 3.33. The zero-order valence-electron chi connectivity index (χ0n) is 7.82. The van der Waals surface area contributed by atoms with Crippen LogP contribution in [0, 0.1) is 5.92 Å². The number of carbonyl (C=O) groups excluding carboxylic acids is 1. The van der Waals surface area contributed by atoms with Crippen molar-refractivity contribution >= 4 is 11.9 Å². The van der Waals surface area contributed by atoms with E-state index in [1.165, 1.54) is 4.90 Å². The van der Waals surface area contributed by atoms with Crippen molar-refractivity contribution in [2.75, 3.05) is 13.1 Å². The minimum Gasteiger partial charge on any atom is -0.474 e. The van der Waals surface area contributed by atoms with Crippen LogP contribution in [0.5, 0.6) is 0 Å². The summed E-state index contributed by atoms with van der Waals surface area (Å²) in [5, 5.41) is 8.47. The Balaban J connectivity index is 2.40. The second kappa shape index (κ2) is 4.25. The topological polar surface area (TPSA) is 57.6 Å². The Morgan fingerprint density at radius 2 is 2.23 bits per heavy atom. The predicted octanol–water partition coefficient (Wildman–Crippen LogP) is 0.720. The molecule has 0 bridgehead atoms. The van der Waals surface area contributed by atoms with Gasteiger partial charge < -0.3 is 10.0 Å². The van der Waals surface area contributed by atoms with E-state index in [0.717, 1.165) is 19.3 Å². The molecular weight excluding hydrogens is 170 g/mol. The highest BCUT2D eigenvalue weighted by molar-refractivity contribution is 6.31. The maximum absolute atomic E-state index is 11.0. The SMILES string of the molecule is CCCC1CCN(C(=O)C(=O)O)C1. The van der Waals surface area contributed by atoms with Gasteiger partial charge in [0.2, 0.25) is 0 Å². The number of nitrogens with zero attached hydrogens (tertiary/aromatic N) is 1. The van der Waals surface area contributed by atoms with Crippen LogP contribution in [0.2, 0.25) is 0 Å². The minimum absolute atomic E-state index is 0.508. The van der Waals surface area contributed by atoms with Gasteiger partial charge in [-0.1, -0.05) is 13.3 Å². The third-order valence-corrected chi connectivity index (χ3v) is 2.45. The first-order valence-electron chi connectivity index (χ1n) is 4.67. The molecule has 1 heterocycles. The quantitative estimate of drug-likeness (QED) is 0.645. The van der Waals surface area contributed by atoms with Gasteiger partial charge in [-0.15, -0.1) is 0 Å². The highest BCUT2D eigenvalue weighted by Crippen LogP contribution is 2.20. The summed E-state index contributed by atoms with van der Waals surface area (Å²) in [4.78, 5) is 22.8. The Kier molecular flexibility index (Phi) is 3.28. The van der Waals surface area contributed by atoms with Crippen molar-refractivity contribution in [1.82, 2.24) is 4.90 Å². The van der Waals surface area contributed by atoms with Crippen LogP contribution in [-0.2, 0) is 9.59 Å². The molecule has 0 aromatic carbocycles. The van der Waals surface area contributed by atoms with E-state index in [1.54, 1.807) is 0 Å². The van der Waals surface area contributed by atoms with Gasteiger partial charge in [0.25, 0.3) is 0 Å². The van der Waals surface area contributed by atoms with E-state index >= 15 is 0 Å². The second-order valence-corrected chi connectivity index (χ2v) is 3.50. The van der Waals surface area contributed by atoms with Crippen molar-refractivity contribution in [2.45, 2.75) is 26.2 Å². The van der Waals surface area contributed by atoms with Crippen molar-refractivity contribution in [3.8, 4) is 0 Å². The maximum Gasteiger partial charge on any atom is 0.394 e. The molecule has 1 N–H and O–H groups in total. The fourth-order valence-electron chi connectivity index (χ4n) is 1.80. The van der Waals surface area contributed by atoms with Crippen LogP contribution >= 0.6 is 0 Å². The summed E-state index contributed by atoms with van der Waals surface area (Å²) in [5.41, 5.74) is 0. The van der Waals surface area contributed by atoms with Crippen LogP contribution in [0.1, 0.15) is 26.2 Å². The van der Waals surface area contributed by atoms with Crippen molar-refractivity contribution in [1.29, 1.82) is 0 Å². The molecule has 0 aromatic heterocycles. The summed E-state index contributed by atoms with van der Waals surface area (Å²) in [6.07, 6.45) is 3.13. The molecule has 0 radical (unpaired) electrons. The molecule has 0 aliphatic carbocycles. The monoisotopic (exact) mass is 185 g/mol. The van der Waals surface area contributed by atoms with E-state index in [-0.39, 0.29) is 0 Å². The van der Waals surface area contributed by atoms with E-state index in [2.05, 4.69) is 6.92 Å². The normalized spacial score (nSPS) is 21.9. The smallest absolute Gasteiger partial charge is 0.394 e. The first-order valence-corrected chi connectivity index (χ1v) is 4.67. The molecule has 1 rings (SSSR count). The summed E-state index contributed by atoms with van der Waals surface area (Å²) >= 11 is 0. The van der Waals surface area contributed by atoms with Gasteiger partial charge in [0, 0.05) is 13.1 Å². The maximum atomic E-state index is 11.0. The Morgan fingerprint density at radius 3 is 2.77 bits per heavy atom. The average molecular weight is 185 g/mol. The third kappa shape index (κ3) is 2.44. The summed E-state index contributed by atoms with van der Waals surface area (Å²) < 4.78 is 0. The lowest BCUT2D eigenvalue weighted by Gasteiger charge is -2.12. The van der Waals surface area contributed by atoms with Crippen LogP contribution in [0.15, 0.2) is 0 Å². The Bertz CT molecular complexity index is 215. The van der Waals surface area contributed by atoms with Gasteiger partial charge in [-0.25, -0.2) is 4.79 Å². The molecule has 13 heavy (non-hydrogen) atoms. The van der Waals surface area contributed by atoms with Crippen LogP contribution in [-0.4, -0.2) is 35.0 Å². The van der Waals surface area contributed by atoms with E-state index in [4.69, 9.17) is 5.11 Å². The molecule has 1 atom stereocenters. The van der Waals surface area contributed by atoms with Gasteiger partial charge >= 0.3 is 11.9 Å². The van der Waals surface area contributed by atoms with Gasteiger partial charge in [0.1, 0.15) is 0 Å². The molecule has 1 fully saturated rings. The first-order chi connectivity index (χ1) is 6.15. The zero-order chi connectivity index (χ0) is 9.84. The van der Waals surface area contributed by atoms with E-state index in [9.17, 15) is 9.59 Å². The number of rotatable bonds is 2. The van der Waals surface area contributed by atoms with Crippen molar-refractivity contribution in [3.63, 3.8) is 0 Å². The number of hydrogen-bond donors (Lipinski definition) is 1. The van der Waals surface area contributed by atoms with Gasteiger partial charge in [0.05, 0.1) is 0 Å². The molecular formula is C9H15NO3. The number of carbonyl (C=O) groups is 2. The standard InChI is InChI=1S/C9H15NO3/c1-2-3-7-4-5-10(6-7)8(11)9(12)13/h7H,2-6H2,1H3,(H,12,13). The summed E-state index contributed by atoms with van der Waals surface area (Å²) in [6, 6.07) is 0. The second-order valence-electron chi connectivity index (χ2n) is 3.50. The lowest BCUT2D eigenvalue weighted by molar-refractivity contribution is -0.155. The molecule has 1 aliphatic rings. The lowest BCUT2D eigenvalue weighted by atomic mass is 10.0. The zero-order valence-corrected chi connectivity index (χ0v) is 7.82. The molecule has 4 heteroatoms. The van der Waals surface area contributed by atoms with Gasteiger partial charge in [-0.2, -0.15) is 0 Å². The number of amides is 1. The van der Waals surface area contributed by atoms with Crippen LogP contribution in [0.25, 0.3) is 0 Å². The van der Waals surface area contributed by atoms with Crippen LogP contribution in [0.3, 0.4) is 0 Å². The van der Waals surface area contributed by atoms with Gasteiger partial charge in [0.15, 0.2) is 0 Å². The largest absolute Gasteiger partial charge is 0.474 e. The van der Waals surface area contributed by atoms with Crippen molar-refractivity contribution in [2.24, 2.45) is 5.92 Å². The molecule has 1 unspecified atom stereocenters. The summed E-state index contributed by atoms with van der Waals surface area (Å²) in [7, 11) is 0. The number of hydrogen-bond acceptors (Lipinski definition) is 2. The molecule has 1 amide bonds. The van der Waals surface area contributed by atoms with Crippen LogP contribution in [0.4, 0.5) is 0 Å². The third-order valence-electron chi connectivity index (χ3n) is 2.45. The molecule has 4 nitrogen and oxygen atoms in total. The first kappa shape index (κ1) is 10.0. The Hall–Kier alpha value is -1.06. The molecule has 0 saturated carbocycles. The van der Waals surface area contributed by atoms with E-state index in [0.29, 0.717) is 19.0 Å². The number of carboxylic acids is 1. The fraction of sp³-hybridized carbons (Fsp3) is 0.778. The fourth-order valence-corrected chi connectivity index (χ4v) is 1.80. The molecule has 74 valence electrons. The predicted molar refractivity (Wildman–Crippen MR) is 47.2 cm³/mol. The van der Waals surface area contributed by atoms with Crippen LogP contribution < -0.4 is 0 Å². The molecule has 0 spiro atoms. The number of aliphatic carboxylic acids is 1. The van der Waals surface area contributed by atoms with E-state index < -0.39 is 11.9 Å². The highest BCUT2D eigenvalue weighted by Gasteiger charge is 2.28. The lowest BCUT2D eigenvalue weighted by Crippen LogP contribution is -2.34. The Morgan fingerprint density at radius 1 is 1.54 bits per heavy atom. The minimum atomic E-state index is -1.34. The Labute approximate surface area is 77.5 Å². The van der Waals surface area contributed by atoms with Gasteiger partial charge in [-0.05, 0) is 18.8 Å². The number of carboxylic acid groups (broad SMARTS) is 1. The number of likely N-dealkylation sites (tertiary alicyclic amines) is 1. The highest BCUT2D eigenvalue weighted by atomic mass is 16.4. The average Bonchev–Trinajstić information content (AvgIpc) is 2.52. The van der Waals surface area contributed by atoms with Crippen molar-refractivity contribution in [3.05, 3.63) is 0 Å². The molecule has 1 saturated heterocycles. The summed E-state index contributed by atoms with van der Waals surface area (Å²) in [5.74, 6) is -1.58. The molecule has 1 aliphatic heterocycles. The van der Waals surface area contributed by atoms with Gasteiger partial charge in [-0.3, -0.25) is 4.79 Å². The van der Waals surface area contributed by atoms with E-state index in [1.807, 2.05) is 0 Å². The van der Waals surface area contributed by atoms with Crippen molar-refractivity contribution < 1.29 is 14.7 Å².